The highest BCUT2D eigenvalue weighted by atomic mass is 16.4. The average molecular weight is 365 g/mol. The highest BCUT2D eigenvalue weighted by Gasteiger charge is 2.34. The minimum Gasteiger partial charge on any atom is -0.465 e. The number of piperidine rings is 1. The van der Waals surface area contributed by atoms with E-state index in [1.54, 1.807) is 21.7 Å². The third-order valence-corrected chi connectivity index (χ3v) is 4.87. The predicted molar refractivity (Wildman–Crippen MR) is 101 cm³/mol. The van der Waals surface area contributed by atoms with Gasteiger partial charge in [0.05, 0.1) is 0 Å². The number of aryl methyl sites for hydroxylation is 1. The van der Waals surface area contributed by atoms with Crippen molar-refractivity contribution in [3.8, 4) is 0 Å². The Balaban J connectivity index is 1.73. The molecule has 1 aliphatic heterocycles. The zero-order valence-electron chi connectivity index (χ0n) is 16.0. The summed E-state index contributed by atoms with van der Waals surface area (Å²) in [7, 11) is 0. The summed E-state index contributed by atoms with van der Waals surface area (Å²) in [5.74, 6) is 0.250. The van der Waals surface area contributed by atoms with Gasteiger partial charge in [0.25, 0.3) is 0 Å². The van der Waals surface area contributed by atoms with Crippen molar-refractivity contribution in [2.24, 2.45) is 0 Å². The minimum atomic E-state index is -0.835. The molecule has 1 amide bonds. The Bertz CT molecular complexity index is 660. The Hall–Kier alpha value is -2.09. The van der Waals surface area contributed by atoms with Crippen LogP contribution in [0, 0.1) is 0 Å². The molecule has 0 unspecified atom stereocenters. The number of hydrogen-bond donors (Lipinski definition) is 2. The number of unbranched alkanes of at least 4 members (excludes halogenated alkanes) is 1. The zero-order chi connectivity index (χ0) is 19.3. The number of anilines is 1. The SMILES string of the molecule is CC(C)(C)N(C(=O)O)C1CCN(CCCCn2ccc(N)nc2=O)CC1. The van der Waals surface area contributed by atoms with Crippen molar-refractivity contribution in [3.63, 3.8) is 0 Å². The summed E-state index contributed by atoms with van der Waals surface area (Å²) in [6, 6.07) is 1.72. The molecule has 0 aromatic carbocycles. The van der Waals surface area contributed by atoms with Gasteiger partial charge in [0.2, 0.25) is 0 Å². The topological polar surface area (TPSA) is 105 Å². The van der Waals surface area contributed by atoms with E-state index < -0.39 is 6.09 Å². The molecule has 0 saturated carbocycles. The van der Waals surface area contributed by atoms with E-state index in [-0.39, 0.29) is 23.1 Å². The number of carboxylic acid groups (broad SMARTS) is 1. The standard InChI is InChI=1S/C18H31N5O3/c1-18(2,3)23(17(25)26)14-6-11-21(12-7-14)9-4-5-10-22-13-8-15(19)20-16(22)24/h8,13-14H,4-7,9-12H2,1-3H3,(H,25,26)(H2,19,20,24). The van der Waals surface area contributed by atoms with Crippen molar-refractivity contribution in [2.45, 2.75) is 64.6 Å². The maximum absolute atomic E-state index is 11.7. The fraction of sp³-hybridized carbons (Fsp3) is 0.722. The zero-order valence-corrected chi connectivity index (χ0v) is 16.0. The van der Waals surface area contributed by atoms with Gasteiger partial charge in [-0.25, -0.2) is 9.59 Å². The third kappa shape index (κ3) is 5.45. The smallest absolute Gasteiger partial charge is 0.407 e. The lowest BCUT2D eigenvalue weighted by molar-refractivity contribution is 0.0419. The highest BCUT2D eigenvalue weighted by Crippen LogP contribution is 2.24. The maximum atomic E-state index is 11.7. The number of amides is 1. The molecule has 26 heavy (non-hydrogen) atoms. The molecule has 2 rings (SSSR count). The fourth-order valence-electron chi connectivity index (χ4n) is 3.62. The number of carbonyl (C=O) groups is 1. The Morgan fingerprint density at radius 1 is 1.31 bits per heavy atom. The van der Waals surface area contributed by atoms with E-state index in [0.717, 1.165) is 45.3 Å². The first-order chi connectivity index (χ1) is 12.2. The van der Waals surface area contributed by atoms with Crippen molar-refractivity contribution < 1.29 is 9.90 Å². The molecule has 3 N–H and O–H groups in total. The Morgan fingerprint density at radius 3 is 2.46 bits per heavy atom. The van der Waals surface area contributed by atoms with Gasteiger partial charge in [0.1, 0.15) is 5.82 Å². The quantitative estimate of drug-likeness (QED) is 0.746. The van der Waals surface area contributed by atoms with E-state index in [1.165, 1.54) is 0 Å². The normalized spacial score (nSPS) is 16.6. The molecule has 1 aliphatic rings. The minimum absolute atomic E-state index is 0.0863. The predicted octanol–water partition coefficient (Wildman–Crippen LogP) is 1.85. The van der Waals surface area contributed by atoms with Crippen LogP contribution in [0.1, 0.15) is 46.5 Å². The van der Waals surface area contributed by atoms with Crippen molar-refractivity contribution in [1.82, 2.24) is 19.4 Å². The third-order valence-electron chi connectivity index (χ3n) is 4.87. The van der Waals surface area contributed by atoms with Gasteiger partial charge in [-0.3, -0.25) is 4.57 Å². The van der Waals surface area contributed by atoms with Crippen LogP contribution in [-0.4, -0.2) is 61.8 Å². The molecule has 0 radical (unpaired) electrons. The van der Waals surface area contributed by atoms with Crippen LogP contribution < -0.4 is 11.4 Å². The summed E-state index contributed by atoms with van der Waals surface area (Å²) in [5.41, 5.74) is 4.81. The Labute approximate surface area is 154 Å². The van der Waals surface area contributed by atoms with Crippen molar-refractivity contribution in [2.75, 3.05) is 25.4 Å². The number of aromatic nitrogens is 2. The van der Waals surface area contributed by atoms with Crippen LogP contribution in [0.15, 0.2) is 17.1 Å². The molecule has 0 bridgehead atoms. The monoisotopic (exact) mass is 365 g/mol. The summed E-state index contributed by atoms with van der Waals surface area (Å²) >= 11 is 0. The van der Waals surface area contributed by atoms with E-state index in [0.29, 0.717) is 6.54 Å². The summed E-state index contributed by atoms with van der Waals surface area (Å²) in [6.45, 7) is 9.26. The van der Waals surface area contributed by atoms with Crippen molar-refractivity contribution in [3.05, 3.63) is 22.7 Å². The number of nitrogen functional groups attached to an aromatic ring is 1. The van der Waals surface area contributed by atoms with Gasteiger partial charge >= 0.3 is 11.8 Å². The molecule has 1 fully saturated rings. The Morgan fingerprint density at radius 2 is 1.92 bits per heavy atom. The fourth-order valence-corrected chi connectivity index (χ4v) is 3.62. The van der Waals surface area contributed by atoms with Crippen LogP contribution in [0.4, 0.5) is 10.6 Å². The van der Waals surface area contributed by atoms with E-state index >= 15 is 0 Å². The van der Waals surface area contributed by atoms with E-state index in [9.17, 15) is 14.7 Å². The van der Waals surface area contributed by atoms with Crippen LogP contribution in [0.25, 0.3) is 0 Å². The molecular weight excluding hydrogens is 334 g/mol. The highest BCUT2D eigenvalue weighted by molar-refractivity contribution is 5.66. The summed E-state index contributed by atoms with van der Waals surface area (Å²) in [6.07, 6.45) is 4.47. The lowest BCUT2D eigenvalue weighted by Gasteiger charge is -2.43. The molecule has 0 atom stereocenters. The lowest BCUT2D eigenvalue weighted by Crippen LogP contribution is -2.54. The first-order valence-corrected chi connectivity index (χ1v) is 9.26. The Kier molecular flexibility index (Phi) is 6.63. The van der Waals surface area contributed by atoms with Crippen LogP contribution >= 0.6 is 0 Å². The van der Waals surface area contributed by atoms with Gasteiger partial charge in [-0.2, -0.15) is 4.98 Å². The second kappa shape index (κ2) is 8.53. The molecule has 1 aromatic heterocycles. The number of nitrogens with two attached hydrogens (primary N) is 1. The molecule has 1 aromatic rings. The molecule has 0 spiro atoms. The largest absolute Gasteiger partial charge is 0.465 e. The lowest BCUT2D eigenvalue weighted by atomic mass is 9.97. The summed E-state index contributed by atoms with van der Waals surface area (Å²) in [4.78, 5) is 31.0. The molecular formula is C18H31N5O3. The van der Waals surface area contributed by atoms with Crippen LogP contribution in [0.3, 0.4) is 0 Å². The van der Waals surface area contributed by atoms with Gasteiger partial charge < -0.3 is 20.6 Å². The summed E-state index contributed by atoms with van der Waals surface area (Å²) < 4.78 is 1.58. The molecule has 1 saturated heterocycles. The van der Waals surface area contributed by atoms with Gasteiger partial charge in [-0.1, -0.05) is 0 Å². The number of likely N-dealkylation sites (tertiary alicyclic amines) is 1. The van der Waals surface area contributed by atoms with E-state index in [2.05, 4.69) is 9.88 Å². The second-order valence-corrected chi connectivity index (χ2v) is 7.93. The average Bonchev–Trinajstić information content (AvgIpc) is 2.53. The van der Waals surface area contributed by atoms with Crippen LogP contribution in [0.2, 0.25) is 0 Å². The van der Waals surface area contributed by atoms with Crippen LogP contribution in [-0.2, 0) is 6.54 Å². The van der Waals surface area contributed by atoms with Gasteiger partial charge in [0.15, 0.2) is 0 Å². The molecule has 8 heteroatoms. The van der Waals surface area contributed by atoms with Crippen molar-refractivity contribution >= 4 is 11.9 Å². The van der Waals surface area contributed by atoms with Crippen LogP contribution in [0.5, 0.6) is 0 Å². The maximum Gasteiger partial charge on any atom is 0.407 e. The molecule has 2 heterocycles. The van der Waals surface area contributed by atoms with Gasteiger partial charge in [-0.15, -0.1) is 0 Å². The first-order valence-electron chi connectivity index (χ1n) is 9.26. The number of hydrogen-bond acceptors (Lipinski definition) is 5. The van der Waals surface area contributed by atoms with Gasteiger partial charge in [0, 0.05) is 37.4 Å². The molecule has 0 aliphatic carbocycles. The first kappa shape index (κ1) is 20.2. The number of nitrogens with zero attached hydrogens (tertiary/aromatic N) is 4. The molecule has 8 nitrogen and oxygen atoms in total. The van der Waals surface area contributed by atoms with E-state index in [1.807, 2.05) is 20.8 Å². The summed E-state index contributed by atoms with van der Waals surface area (Å²) in [5, 5.41) is 9.52. The van der Waals surface area contributed by atoms with Crippen molar-refractivity contribution in [1.29, 1.82) is 0 Å². The van der Waals surface area contributed by atoms with E-state index in [4.69, 9.17) is 5.73 Å². The number of rotatable bonds is 6. The molecule has 146 valence electrons. The second-order valence-electron chi connectivity index (χ2n) is 7.93. The van der Waals surface area contributed by atoms with Gasteiger partial charge in [-0.05, 0) is 59.1 Å².